The molecule has 2 heteroatoms. The van der Waals surface area contributed by atoms with Crippen molar-refractivity contribution in [1.29, 1.82) is 0 Å². The van der Waals surface area contributed by atoms with Crippen molar-refractivity contribution in [1.82, 2.24) is 10.2 Å². The molecule has 0 radical (unpaired) electrons. The lowest BCUT2D eigenvalue weighted by molar-refractivity contribution is 0.0676. The van der Waals surface area contributed by atoms with Gasteiger partial charge in [0.25, 0.3) is 0 Å². The van der Waals surface area contributed by atoms with Crippen molar-refractivity contribution in [3.63, 3.8) is 0 Å². The Kier molecular flexibility index (Phi) is 4.71. The van der Waals surface area contributed by atoms with Crippen LogP contribution in [0.15, 0.2) is 0 Å². The van der Waals surface area contributed by atoms with Crippen LogP contribution in [0, 0.1) is 11.8 Å². The zero-order chi connectivity index (χ0) is 13.2. The van der Waals surface area contributed by atoms with Crippen LogP contribution in [0.4, 0.5) is 0 Å². The van der Waals surface area contributed by atoms with Crippen LogP contribution in [-0.4, -0.2) is 36.6 Å². The predicted octanol–water partition coefficient (Wildman–Crippen LogP) is 3.28. The van der Waals surface area contributed by atoms with Crippen LogP contribution in [0.5, 0.6) is 0 Å². The molecule has 0 heterocycles. The smallest absolute Gasteiger partial charge is 0.0133 e. The molecule has 2 saturated carbocycles. The lowest BCUT2D eigenvalue weighted by Gasteiger charge is -2.44. The number of nitrogens with zero attached hydrogens (tertiary/aromatic N) is 1. The first-order chi connectivity index (χ1) is 8.46. The van der Waals surface area contributed by atoms with E-state index in [1.165, 1.54) is 51.6 Å². The Balaban J connectivity index is 1.71. The highest BCUT2D eigenvalue weighted by atomic mass is 15.2. The van der Waals surface area contributed by atoms with E-state index in [4.69, 9.17) is 0 Å². The summed E-state index contributed by atoms with van der Waals surface area (Å²) in [6.07, 6.45) is 8.72. The van der Waals surface area contributed by atoms with Crippen LogP contribution < -0.4 is 5.32 Å². The summed E-state index contributed by atoms with van der Waals surface area (Å²) in [5, 5.41) is 3.68. The van der Waals surface area contributed by atoms with E-state index in [0.717, 1.165) is 17.9 Å². The molecular formula is C16H32N2. The summed E-state index contributed by atoms with van der Waals surface area (Å²) in [6, 6.07) is 0.848. The summed E-state index contributed by atoms with van der Waals surface area (Å²) in [5.74, 6) is 1.88. The lowest BCUT2D eigenvalue weighted by Crippen LogP contribution is -2.52. The number of hydrogen-bond acceptors (Lipinski definition) is 2. The maximum Gasteiger partial charge on any atom is 0.0133 e. The molecule has 0 bridgehead atoms. The zero-order valence-corrected chi connectivity index (χ0v) is 12.8. The fraction of sp³-hybridized carbons (Fsp3) is 1.00. The molecule has 2 fully saturated rings. The molecule has 2 aliphatic carbocycles. The highest BCUT2D eigenvalue weighted by Gasteiger charge is 2.35. The summed E-state index contributed by atoms with van der Waals surface area (Å²) in [6.45, 7) is 9.34. The van der Waals surface area contributed by atoms with Crippen molar-refractivity contribution in [2.24, 2.45) is 11.8 Å². The van der Waals surface area contributed by atoms with E-state index in [2.05, 4.69) is 38.0 Å². The standard InChI is InChI=1S/C16H32N2/c1-16(2,3)17-11-14-9-10-15(14)18(4)12-13-7-5-6-8-13/h13-15,17H,5-12H2,1-4H3. The van der Waals surface area contributed by atoms with Gasteiger partial charge >= 0.3 is 0 Å². The van der Waals surface area contributed by atoms with E-state index in [1.54, 1.807) is 0 Å². The Labute approximate surface area is 114 Å². The average Bonchev–Trinajstić information content (AvgIpc) is 2.66. The van der Waals surface area contributed by atoms with Crippen LogP contribution in [0.1, 0.15) is 59.3 Å². The molecule has 2 atom stereocenters. The Morgan fingerprint density at radius 3 is 2.22 bits per heavy atom. The van der Waals surface area contributed by atoms with E-state index in [-0.39, 0.29) is 5.54 Å². The molecule has 18 heavy (non-hydrogen) atoms. The third-order valence-electron chi connectivity index (χ3n) is 4.86. The van der Waals surface area contributed by atoms with Crippen molar-refractivity contribution >= 4 is 0 Å². The first-order valence-electron chi connectivity index (χ1n) is 7.91. The summed E-state index contributed by atoms with van der Waals surface area (Å²) >= 11 is 0. The van der Waals surface area contributed by atoms with Gasteiger partial charge in [0.15, 0.2) is 0 Å². The molecule has 1 N–H and O–H groups in total. The maximum atomic E-state index is 3.68. The van der Waals surface area contributed by atoms with Gasteiger partial charge in [-0.25, -0.2) is 0 Å². The molecular weight excluding hydrogens is 220 g/mol. The van der Waals surface area contributed by atoms with Crippen LogP contribution in [-0.2, 0) is 0 Å². The fourth-order valence-electron chi connectivity index (χ4n) is 3.54. The third kappa shape index (κ3) is 3.96. The van der Waals surface area contributed by atoms with E-state index < -0.39 is 0 Å². The summed E-state index contributed by atoms with van der Waals surface area (Å²) < 4.78 is 0. The monoisotopic (exact) mass is 252 g/mol. The molecule has 2 aliphatic rings. The van der Waals surface area contributed by atoms with Gasteiger partial charge in [-0.3, -0.25) is 0 Å². The van der Waals surface area contributed by atoms with Gasteiger partial charge < -0.3 is 10.2 Å². The molecule has 0 saturated heterocycles. The molecule has 2 nitrogen and oxygen atoms in total. The van der Waals surface area contributed by atoms with Crippen molar-refractivity contribution in [2.75, 3.05) is 20.1 Å². The summed E-state index contributed by atoms with van der Waals surface area (Å²) in [4.78, 5) is 2.66. The number of rotatable bonds is 5. The summed E-state index contributed by atoms with van der Waals surface area (Å²) in [7, 11) is 2.35. The van der Waals surface area contributed by atoms with Gasteiger partial charge in [0, 0.05) is 18.1 Å². The van der Waals surface area contributed by atoms with Gasteiger partial charge in [-0.1, -0.05) is 12.8 Å². The number of hydrogen-bond donors (Lipinski definition) is 1. The van der Waals surface area contributed by atoms with Gasteiger partial charge in [0.05, 0.1) is 0 Å². The van der Waals surface area contributed by atoms with E-state index >= 15 is 0 Å². The molecule has 0 amide bonds. The highest BCUT2D eigenvalue weighted by Crippen LogP contribution is 2.33. The van der Waals surface area contributed by atoms with Gasteiger partial charge in [-0.05, 0) is 71.9 Å². The lowest BCUT2D eigenvalue weighted by atomic mass is 9.78. The van der Waals surface area contributed by atoms with Gasteiger partial charge in [-0.15, -0.1) is 0 Å². The largest absolute Gasteiger partial charge is 0.312 e. The second-order valence-electron chi connectivity index (χ2n) is 7.63. The van der Waals surface area contributed by atoms with Crippen LogP contribution in [0.3, 0.4) is 0 Å². The van der Waals surface area contributed by atoms with E-state index in [1.807, 2.05) is 0 Å². The normalized spacial score (nSPS) is 29.8. The molecule has 0 aromatic carbocycles. The van der Waals surface area contributed by atoms with Gasteiger partial charge in [0.1, 0.15) is 0 Å². The zero-order valence-electron chi connectivity index (χ0n) is 12.8. The highest BCUT2D eigenvalue weighted by molar-refractivity contribution is 4.91. The average molecular weight is 252 g/mol. The number of nitrogens with one attached hydrogen (secondary N) is 1. The first kappa shape index (κ1) is 14.3. The minimum Gasteiger partial charge on any atom is -0.312 e. The van der Waals surface area contributed by atoms with Crippen LogP contribution in [0.25, 0.3) is 0 Å². The Bertz CT molecular complexity index is 250. The Morgan fingerprint density at radius 2 is 1.72 bits per heavy atom. The summed E-state index contributed by atoms with van der Waals surface area (Å²) in [5.41, 5.74) is 0.268. The minimum absolute atomic E-state index is 0.268. The molecule has 0 aromatic heterocycles. The van der Waals surface area contributed by atoms with Crippen molar-refractivity contribution < 1.29 is 0 Å². The van der Waals surface area contributed by atoms with E-state index in [0.29, 0.717) is 0 Å². The molecule has 106 valence electrons. The Morgan fingerprint density at radius 1 is 1.06 bits per heavy atom. The van der Waals surface area contributed by atoms with Gasteiger partial charge in [0.2, 0.25) is 0 Å². The second kappa shape index (κ2) is 5.92. The minimum atomic E-state index is 0.268. The quantitative estimate of drug-likeness (QED) is 0.808. The molecule has 0 spiro atoms. The fourth-order valence-corrected chi connectivity index (χ4v) is 3.54. The van der Waals surface area contributed by atoms with Crippen LogP contribution >= 0.6 is 0 Å². The topological polar surface area (TPSA) is 15.3 Å². The maximum absolute atomic E-state index is 3.68. The van der Waals surface area contributed by atoms with Crippen molar-refractivity contribution in [3.05, 3.63) is 0 Å². The SMILES string of the molecule is CN(CC1CCCC1)C1CCC1CNC(C)(C)C. The van der Waals surface area contributed by atoms with Crippen molar-refractivity contribution in [3.8, 4) is 0 Å². The molecule has 2 unspecified atom stereocenters. The van der Waals surface area contributed by atoms with Crippen molar-refractivity contribution in [2.45, 2.75) is 70.9 Å². The Hall–Kier alpha value is -0.0800. The van der Waals surface area contributed by atoms with Gasteiger partial charge in [-0.2, -0.15) is 0 Å². The first-order valence-corrected chi connectivity index (χ1v) is 7.91. The molecule has 2 rings (SSSR count). The van der Waals surface area contributed by atoms with Crippen LogP contribution in [0.2, 0.25) is 0 Å². The third-order valence-corrected chi connectivity index (χ3v) is 4.86. The van der Waals surface area contributed by atoms with E-state index in [9.17, 15) is 0 Å². The molecule has 0 aliphatic heterocycles. The second-order valence-corrected chi connectivity index (χ2v) is 7.63. The predicted molar refractivity (Wildman–Crippen MR) is 78.9 cm³/mol. The molecule has 0 aromatic rings.